The molecule has 1 aromatic carbocycles. The number of pyridine rings is 1. The zero-order valence-corrected chi connectivity index (χ0v) is 24.4. The number of hydrogen-bond acceptors (Lipinski definition) is 5. The molecule has 1 unspecified atom stereocenters. The van der Waals surface area contributed by atoms with Crippen molar-refractivity contribution < 1.29 is 9.53 Å². The summed E-state index contributed by atoms with van der Waals surface area (Å²) in [5.41, 5.74) is 5.53. The molecular weight excluding hydrogens is 564 g/mol. The molecule has 2 atom stereocenters. The van der Waals surface area contributed by atoms with Crippen molar-refractivity contribution in [1.82, 2.24) is 14.4 Å². The highest BCUT2D eigenvalue weighted by atomic mass is 79.9. The third-order valence-electron chi connectivity index (χ3n) is 7.59. The largest absolute Gasteiger partial charge is 0.466 e. The van der Waals surface area contributed by atoms with Crippen molar-refractivity contribution in [3.8, 4) is 5.75 Å². The Hall–Kier alpha value is -3.71. The average molecular weight is 600 g/mol. The van der Waals surface area contributed by atoms with Gasteiger partial charge < -0.3 is 10.1 Å². The Morgan fingerprint density at radius 1 is 1.20 bits per heavy atom. The minimum absolute atomic E-state index is 0.0676. The summed E-state index contributed by atoms with van der Waals surface area (Å²) in [4.78, 5) is 22.4. The lowest BCUT2D eigenvalue weighted by atomic mass is 9.93. The molecule has 1 saturated carbocycles. The van der Waals surface area contributed by atoms with E-state index < -0.39 is 0 Å². The number of benzene rings is 1. The van der Waals surface area contributed by atoms with Crippen LogP contribution in [0.1, 0.15) is 61.8 Å². The van der Waals surface area contributed by atoms with Gasteiger partial charge in [0, 0.05) is 48.7 Å². The zero-order valence-electron chi connectivity index (χ0n) is 22.9. The number of nitrogens with zero attached hydrogens (tertiary/aromatic N) is 3. The fraction of sp³-hybridized carbons (Fsp3) is 0.303. The third-order valence-corrected chi connectivity index (χ3v) is 8.21. The minimum Gasteiger partial charge on any atom is -0.466 e. The quantitative estimate of drug-likeness (QED) is 0.114. The summed E-state index contributed by atoms with van der Waals surface area (Å²) in [6.07, 6.45) is 14.7. The first-order chi connectivity index (χ1) is 19.5. The molecule has 3 aromatic heterocycles. The second kappa shape index (κ2) is 13.1. The fourth-order valence-electron chi connectivity index (χ4n) is 5.35. The first-order valence-corrected chi connectivity index (χ1v) is 14.7. The van der Waals surface area contributed by atoms with Crippen molar-refractivity contribution >= 4 is 33.2 Å². The number of ether oxygens (including phenoxy) is 1. The van der Waals surface area contributed by atoms with Crippen LogP contribution in [0.4, 0.5) is 5.82 Å². The van der Waals surface area contributed by atoms with Gasteiger partial charge in [0.2, 0.25) is 0 Å². The number of carbonyl (C=O) groups excluding carboxylic acids is 1. The summed E-state index contributed by atoms with van der Waals surface area (Å²) >= 11 is 3.68. The lowest BCUT2D eigenvalue weighted by Crippen LogP contribution is -2.12. The number of anilines is 1. The van der Waals surface area contributed by atoms with Gasteiger partial charge in [0.1, 0.15) is 11.6 Å². The van der Waals surface area contributed by atoms with Crippen LogP contribution in [0.5, 0.6) is 5.75 Å². The number of carbonyl (C=O) groups is 1. The Kier molecular flexibility index (Phi) is 9.12. The number of nitrogens with one attached hydrogen (secondary N) is 1. The van der Waals surface area contributed by atoms with Crippen LogP contribution in [-0.4, -0.2) is 20.2 Å². The summed E-state index contributed by atoms with van der Waals surface area (Å²) in [6, 6.07) is 16.1. The molecule has 40 heavy (non-hydrogen) atoms. The van der Waals surface area contributed by atoms with E-state index in [0.29, 0.717) is 18.9 Å². The summed E-state index contributed by atoms with van der Waals surface area (Å²) in [6.45, 7) is 6.29. The van der Waals surface area contributed by atoms with E-state index in [1.54, 1.807) is 6.20 Å². The van der Waals surface area contributed by atoms with Crippen molar-refractivity contribution in [3.05, 3.63) is 113 Å². The molecule has 1 fully saturated rings. The maximum Gasteiger partial charge on any atom is 0.158 e. The first-order valence-electron chi connectivity index (χ1n) is 13.9. The second-order valence-electron chi connectivity index (χ2n) is 10.5. The predicted octanol–water partition coefficient (Wildman–Crippen LogP) is 8.05. The predicted molar refractivity (Wildman–Crippen MR) is 164 cm³/mol. The monoisotopic (exact) mass is 598 g/mol. The molecule has 0 saturated heterocycles. The molecule has 6 nitrogen and oxygen atoms in total. The molecule has 7 heteroatoms. The lowest BCUT2D eigenvalue weighted by Gasteiger charge is -2.17. The Bertz CT molecular complexity index is 1490. The maximum atomic E-state index is 13.1. The van der Waals surface area contributed by atoms with Crippen molar-refractivity contribution in [3.63, 3.8) is 0 Å². The van der Waals surface area contributed by atoms with Gasteiger partial charge in [0.05, 0.1) is 10.7 Å². The molecular formula is C33H35BrN4O2. The van der Waals surface area contributed by atoms with E-state index in [9.17, 15) is 4.79 Å². The number of hydrogen-bond donors (Lipinski definition) is 1. The maximum absolute atomic E-state index is 13.1. The molecule has 4 aromatic rings. The van der Waals surface area contributed by atoms with Crippen LogP contribution < -0.4 is 10.1 Å². The fourth-order valence-corrected chi connectivity index (χ4v) is 5.75. The van der Waals surface area contributed by atoms with E-state index in [0.717, 1.165) is 70.6 Å². The van der Waals surface area contributed by atoms with Gasteiger partial charge >= 0.3 is 0 Å². The highest BCUT2D eigenvalue weighted by Gasteiger charge is 2.21. The summed E-state index contributed by atoms with van der Waals surface area (Å²) in [5, 5.41) is 3.58. The number of rotatable bonds is 10. The highest BCUT2D eigenvalue weighted by molar-refractivity contribution is 9.10. The van der Waals surface area contributed by atoms with Crippen molar-refractivity contribution in [2.75, 3.05) is 5.32 Å². The SMILES string of the molecule is C=COc1ccc(C[C@@H](C)C(=O)/C=C2/CCCC(c3cc(NCc4cccnc4)n4ccc(Br)c4n3)CC2)cc1. The van der Waals surface area contributed by atoms with Crippen LogP contribution in [0.2, 0.25) is 0 Å². The molecule has 0 radical (unpaired) electrons. The van der Waals surface area contributed by atoms with Crippen molar-refractivity contribution in [2.45, 2.75) is 57.9 Å². The Balaban J connectivity index is 1.25. The molecule has 3 heterocycles. The molecule has 1 aliphatic carbocycles. The van der Waals surface area contributed by atoms with Gasteiger partial charge in [0.25, 0.3) is 0 Å². The summed E-state index contributed by atoms with van der Waals surface area (Å²) in [5.74, 6) is 2.26. The van der Waals surface area contributed by atoms with Crippen LogP contribution in [0.15, 0.2) is 96.1 Å². The normalized spacial score (nSPS) is 17.4. The smallest absolute Gasteiger partial charge is 0.158 e. The number of fused-ring (bicyclic) bond motifs is 1. The molecule has 0 spiro atoms. The van der Waals surface area contributed by atoms with Gasteiger partial charge in [-0.3, -0.25) is 14.2 Å². The first kappa shape index (κ1) is 27.8. The molecule has 206 valence electrons. The molecule has 1 N–H and O–H groups in total. The number of halogens is 1. The van der Waals surface area contributed by atoms with Gasteiger partial charge in [-0.05, 0) is 95.9 Å². The molecule has 0 aliphatic heterocycles. The average Bonchev–Trinajstić information content (AvgIpc) is 3.19. The molecule has 1 aliphatic rings. The number of allylic oxidation sites excluding steroid dienone is 2. The van der Waals surface area contributed by atoms with E-state index >= 15 is 0 Å². The van der Waals surface area contributed by atoms with Crippen LogP contribution in [0.25, 0.3) is 5.65 Å². The van der Waals surface area contributed by atoms with Gasteiger partial charge in [0.15, 0.2) is 11.4 Å². The number of aromatic nitrogens is 3. The van der Waals surface area contributed by atoms with E-state index in [1.165, 1.54) is 11.8 Å². The summed E-state index contributed by atoms with van der Waals surface area (Å²) in [7, 11) is 0. The Morgan fingerprint density at radius 2 is 2.05 bits per heavy atom. The van der Waals surface area contributed by atoms with Crippen molar-refractivity contribution in [1.29, 1.82) is 0 Å². The van der Waals surface area contributed by atoms with Crippen LogP contribution in [-0.2, 0) is 17.8 Å². The van der Waals surface area contributed by atoms with E-state index in [4.69, 9.17) is 9.72 Å². The Morgan fingerprint density at radius 3 is 2.83 bits per heavy atom. The molecule has 0 bridgehead atoms. The van der Waals surface area contributed by atoms with Gasteiger partial charge in [-0.1, -0.05) is 37.3 Å². The standard InChI is InChI=1S/C33H35BrN4O2/c1-3-40-28-13-10-25(11-14-28)18-23(2)31(39)19-24-6-4-8-27(12-9-24)30-20-32(36-22-26-7-5-16-35-21-26)38-17-15-29(34)33(38)37-30/h3,5,7,10-11,13-17,19-21,23,27,36H,1,4,6,8-9,12,18,22H2,2H3/b24-19-/t23-,27?/m1/s1. The number of ketones is 1. The van der Waals surface area contributed by atoms with Crippen LogP contribution in [0, 0.1) is 5.92 Å². The molecule has 0 amide bonds. The lowest BCUT2D eigenvalue weighted by molar-refractivity contribution is -0.117. The van der Waals surface area contributed by atoms with E-state index in [1.807, 2.05) is 61.8 Å². The van der Waals surface area contributed by atoms with Gasteiger partial charge in [-0.15, -0.1) is 0 Å². The van der Waals surface area contributed by atoms with E-state index in [2.05, 4.69) is 49.3 Å². The third kappa shape index (κ3) is 6.89. The van der Waals surface area contributed by atoms with E-state index in [-0.39, 0.29) is 11.7 Å². The van der Waals surface area contributed by atoms with Crippen LogP contribution >= 0.6 is 15.9 Å². The zero-order chi connectivity index (χ0) is 27.9. The van der Waals surface area contributed by atoms with Gasteiger partial charge in [-0.2, -0.15) is 0 Å². The Labute approximate surface area is 244 Å². The highest BCUT2D eigenvalue weighted by Crippen LogP contribution is 2.35. The van der Waals surface area contributed by atoms with Crippen molar-refractivity contribution in [2.24, 2.45) is 5.92 Å². The summed E-state index contributed by atoms with van der Waals surface area (Å²) < 4.78 is 8.37. The minimum atomic E-state index is -0.0676. The molecule has 5 rings (SSSR count). The second-order valence-corrected chi connectivity index (χ2v) is 11.4. The van der Waals surface area contributed by atoms with Crippen LogP contribution in [0.3, 0.4) is 0 Å². The van der Waals surface area contributed by atoms with Gasteiger partial charge in [-0.25, -0.2) is 4.98 Å². The topological polar surface area (TPSA) is 68.5 Å².